The van der Waals surface area contributed by atoms with Crippen LogP contribution in [0.3, 0.4) is 0 Å². The van der Waals surface area contributed by atoms with E-state index in [4.69, 9.17) is 0 Å². The molecular weight excluding hydrogens is 328 g/mol. The summed E-state index contributed by atoms with van der Waals surface area (Å²) in [5.41, 5.74) is 2.68. The van der Waals surface area contributed by atoms with Crippen molar-refractivity contribution in [1.29, 1.82) is 0 Å². The van der Waals surface area contributed by atoms with Gasteiger partial charge in [0, 0.05) is 16.2 Å². The largest absolute Gasteiger partial charge is 0.326 e. The lowest BCUT2D eigenvalue weighted by Gasteiger charge is -2.21. The van der Waals surface area contributed by atoms with Gasteiger partial charge in [0.15, 0.2) is 0 Å². The van der Waals surface area contributed by atoms with Gasteiger partial charge >= 0.3 is 0 Å². The molecule has 1 heterocycles. The summed E-state index contributed by atoms with van der Waals surface area (Å²) in [6.07, 6.45) is 0. The second-order valence-electron chi connectivity index (χ2n) is 7.20. The third kappa shape index (κ3) is 2.37. The van der Waals surface area contributed by atoms with E-state index in [2.05, 4.69) is 96.1 Å². The van der Waals surface area contributed by atoms with Crippen LogP contribution in [0.5, 0.6) is 0 Å². The lowest BCUT2D eigenvalue weighted by molar-refractivity contribution is 0.250. The highest BCUT2D eigenvalue weighted by molar-refractivity contribution is 6.31. The van der Waals surface area contributed by atoms with Crippen LogP contribution < -0.4 is 0 Å². The van der Waals surface area contributed by atoms with E-state index in [1.807, 2.05) is 0 Å². The van der Waals surface area contributed by atoms with Crippen LogP contribution in [-0.2, 0) is 6.67 Å². The highest BCUT2D eigenvalue weighted by Gasteiger charge is 2.18. The first-order valence-corrected chi connectivity index (χ1v) is 9.86. The molecule has 2 nitrogen and oxygen atoms in total. The van der Waals surface area contributed by atoms with Crippen LogP contribution in [0.4, 0.5) is 0 Å². The van der Waals surface area contributed by atoms with Crippen molar-refractivity contribution in [3.05, 3.63) is 72.8 Å². The maximum Gasteiger partial charge on any atom is 0.0757 e. The molecule has 5 rings (SSSR count). The van der Waals surface area contributed by atoms with Crippen LogP contribution in [0.25, 0.3) is 43.4 Å². The maximum atomic E-state index is 2.52. The molecular formula is C25H24N2. The average Bonchev–Trinajstić information content (AvgIpc) is 3.07. The highest BCUT2D eigenvalue weighted by Crippen LogP contribution is 2.40. The van der Waals surface area contributed by atoms with Crippen LogP contribution in [0, 0.1) is 0 Å². The second kappa shape index (κ2) is 6.40. The molecule has 0 aliphatic heterocycles. The summed E-state index contributed by atoms with van der Waals surface area (Å²) < 4.78 is 2.52. The predicted octanol–water partition coefficient (Wildman–Crippen LogP) is 6.40. The van der Waals surface area contributed by atoms with E-state index in [-0.39, 0.29) is 0 Å². The van der Waals surface area contributed by atoms with Gasteiger partial charge in [0.2, 0.25) is 0 Å². The second-order valence-corrected chi connectivity index (χ2v) is 7.20. The maximum absolute atomic E-state index is 2.52. The molecule has 0 fully saturated rings. The first-order valence-electron chi connectivity index (χ1n) is 9.86. The van der Waals surface area contributed by atoms with Gasteiger partial charge in [-0.25, -0.2) is 0 Å². The number of benzene rings is 4. The lowest BCUT2D eigenvalue weighted by Crippen LogP contribution is -2.25. The smallest absolute Gasteiger partial charge is 0.0757 e. The molecule has 0 N–H and O–H groups in total. The Hall–Kier alpha value is -2.84. The number of fused-ring (bicyclic) bond motifs is 8. The standard InChI is InChI=1S/C25H24N2/c1-3-26(4-2)17-27-23-16-10-9-15-22(23)24-20-13-7-5-11-18(20)19-12-6-8-14-21(19)25(24)27/h5-16H,3-4,17H2,1-2H3. The average molecular weight is 352 g/mol. The molecule has 0 aliphatic rings. The van der Waals surface area contributed by atoms with Crippen molar-refractivity contribution in [2.24, 2.45) is 0 Å². The molecule has 0 atom stereocenters. The fourth-order valence-corrected chi connectivity index (χ4v) is 4.49. The van der Waals surface area contributed by atoms with Gasteiger partial charge in [-0.15, -0.1) is 0 Å². The van der Waals surface area contributed by atoms with E-state index < -0.39 is 0 Å². The Bertz CT molecular complexity index is 1280. The summed E-state index contributed by atoms with van der Waals surface area (Å²) in [5.74, 6) is 0. The van der Waals surface area contributed by atoms with E-state index in [0.717, 1.165) is 19.8 Å². The van der Waals surface area contributed by atoms with Gasteiger partial charge in [-0.2, -0.15) is 0 Å². The van der Waals surface area contributed by atoms with E-state index in [9.17, 15) is 0 Å². The van der Waals surface area contributed by atoms with Crippen LogP contribution >= 0.6 is 0 Å². The summed E-state index contributed by atoms with van der Waals surface area (Å²) in [6.45, 7) is 7.50. The van der Waals surface area contributed by atoms with Gasteiger partial charge in [-0.05, 0) is 35.3 Å². The molecule has 0 saturated heterocycles. The topological polar surface area (TPSA) is 8.17 Å². The molecule has 0 spiro atoms. The zero-order valence-corrected chi connectivity index (χ0v) is 15.9. The molecule has 1 aromatic heterocycles. The summed E-state index contributed by atoms with van der Waals surface area (Å²) in [6, 6.07) is 26.6. The Balaban J connectivity index is 2.05. The van der Waals surface area contributed by atoms with Crippen LogP contribution in [-0.4, -0.2) is 22.6 Å². The molecule has 0 aliphatic carbocycles. The van der Waals surface area contributed by atoms with E-state index in [1.165, 1.54) is 43.4 Å². The van der Waals surface area contributed by atoms with Crippen LogP contribution in [0.15, 0.2) is 72.8 Å². The van der Waals surface area contributed by atoms with Crippen molar-refractivity contribution in [2.75, 3.05) is 13.1 Å². The number of para-hydroxylation sites is 1. The third-order valence-corrected chi connectivity index (χ3v) is 5.88. The Morgan fingerprint density at radius 3 is 1.81 bits per heavy atom. The molecule has 2 heteroatoms. The lowest BCUT2D eigenvalue weighted by atomic mass is 9.97. The van der Waals surface area contributed by atoms with E-state index in [0.29, 0.717) is 0 Å². The predicted molar refractivity (Wildman–Crippen MR) is 117 cm³/mol. The summed E-state index contributed by atoms with van der Waals surface area (Å²) >= 11 is 0. The fourth-order valence-electron chi connectivity index (χ4n) is 4.49. The van der Waals surface area contributed by atoms with Gasteiger partial charge in [-0.1, -0.05) is 80.6 Å². The van der Waals surface area contributed by atoms with E-state index >= 15 is 0 Å². The fraction of sp³-hybridized carbons (Fsp3) is 0.200. The van der Waals surface area contributed by atoms with Crippen molar-refractivity contribution < 1.29 is 0 Å². The van der Waals surface area contributed by atoms with Crippen molar-refractivity contribution in [3.63, 3.8) is 0 Å². The Morgan fingerprint density at radius 1 is 0.630 bits per heavy atom. The number of aromatic nitrogens is 1. The van der Waals surface area contributed by atoms with E-state index in [1.54, 1.807) is 0 Å². The molecule has 5 aromatic rings. The Labute approximate surface area is 159 Å². The molecule has 0 bridgehead atoms. The molecule has 0 amide bonds. The summed E-state index contributed by atoms with van der Waals surface area (Å²) in [5, 5.41) is 8.10. The Kier molecular flexibility index (Phi) is 3.87. The minimum absolute atomic E-state index is 0.916. The number of nitrogens with zero attached hydrogens (tertiary/aromatic N) is 2. The first kappa shape index (κ1) is 16.3. The van der Waals surface area contributed by atoms with Crippen LogP contribution in [0.1, 0.15) is 13.8 Å². The zero-order chi connectivity index (χ0) is 18.4. The highest BCUT2D eigenvalue weighted by atomic mass is 15.2. The molecule has 0 radical (unpaired) electrons. The normalized spacial score (nSPS) is 12.1. The van der Waals surface area contributed by atoms with Gasteiger partial charge in [-0.3, -0.25) is 4.90 Å². The minimum Gasteiger partial charge on any atom is -0.326 e. The minimum atomic E-state index is 0.916. The molecule has 0 unspecified atom stereocenters. The third-order valence-electron chi connectivity index (χ3n) is 5.88. The van der Waals surface area contributed by atoms with Crippen molar-refractivity contribution in [1.82, 2.24) is 9.47 Å². The molecule has 134 valence electrons. The van der Waals surface area contributed by atoms with Crippen molar-refractivity contribution >= 4 is 43.4 Å². The Morgan fingerprint density at radius 2 is 1.15 bits per heavy atom. The number of rotatable bonds is 4. The summed E-state index contributed by atoms with van der Waals surface area (Å²) in [7, 11) is 0. The van der Waals surface area contributed by atoms with Gasteiger partial charge in [0.05, 0.1) is 17.7 Å². The molecule has 4 aromatic carbocycles. The SMILES string of the molecule is CCN(CC)Cn1c2ccccc2c2c3ccccc3c3ccccc3c21. The zero-order valence-electron chi connectivity index (χ0n) is 15.9. The van der Waals surface area contributed by atoms with Crippen LogP contribution in [0.2, 0.25) is 0 Å². The summed E-state index contributed by atoms with van der Waals surface area (Å²) in [4.78, 5) is 2.48. The molecule has 27 heavy (non-hydrogen) atoms. The number of hydrogen-bond donors (Lipinski definition) is 0. The van der Waals surface area contributed by atoms with Crippen molar-refractivity contribution in [2.45, 2.75) is 20.5 Å². The monoisotopic (exact) mass is 352 g/mol. The quantitative estimate of drug-likeness (QED) is 0.340. The van der Waals surface area contributed by atoms with Crippen molar-refractivity contribution in [3.8, 4) is 0 Å². The van der Waals surface area contributed by atoms with Gasteiger partial charge in [0.1, 0.15) is 0 Å². The van der Waals surface area contributed by atoms with Gasteiger partial charge < -0.3 is 4.57 Å². The number of hydrogen-bond acceptors (Lipinski definition) is 1. The molecule has 0 saturated carbocycles. The van der Waals surface area contributed by atoms with Gasteiger partial charge in [0.25, 0.3) is 0 Å². The first-order chi connectivity index (χ1) is 13.3.